The molecule has 1 fully saturated rings. The summed E-state index contributed by atoms with van der Waals surface area (Å²) in [5.74, 6) is 0.785. The monoisotopic (exact) mass is 467 g/mol. The van der Waals surface area contributed by atoms with Crippen molar-refractivity contribution in [2.45, 2.75) is 52.0 Å². The summed E-state index contributed by atoms with van der Waals surface area (Å²) >= 11 is 1.44. The van der Waals surface area contributed by atoms with Gasteiger partial charge in [0.2, 0.25) is 16.0 Å². The number of anilines is 1. The summed E-state index contributed by atoms with van der Waals surface area (Å²) in [5.41, 5.74) is 2.77. The lowest BCUT2D eigenvalue weighted by molar-refractivity contribution is -0.125. The molecule has 1 unspecified atom stereocenters. The minimum atomic E-state index is -0.105. The minimum Gasteiger partial charge on any atom is -0.494 e. The molecule has 1 aromatic carbocycles. The molecule has 1 saturated heterocycles. The first-order valence-corrected chi connectivity index (χ1v) is 12.6. The van der Waals surface area contributed by atoms with E-state index in [0.29, 0.717) is 24.7 Å². The van der Waals surface area contributed by atoms with Crippen molar-refractivity contribution in [2.24, 2.45) is 5.92 Å². The van der Waals surface area contributed by atoms with Gasteiger partial charge in [-0.2, -0.15) is 4.52 Å². The molecule has 0 radical (unpaired) electrons. The third-order valence-electron chi connectivity index (χ3n) is 6.43. The molecule has 1 atom stereocenters. The molecule has 3 heterocycles. The van der Waals surface area contributed by atoms with Crippen LogP contribution < -0.4 is 20.5 Å². The average molecular weight is 468 g/mol. The second kappa shape index (κ2) is 9.51. The van der Waals surface area contributed by atoms with Gasteiger partial charge in [0, 0.05) is 25.2 Å². The summed E-state index contributed by atoms with van der Waals surface area (Å²) in [6.07, 6.45) is 5.54. The van der Waals surface area contributed by atoms with Crippen molar-refractivity contribution >= 4 is 27.3 Å². The quantitative estimate of drug-likeness (QED) is 0.600. The van der Waals surface area contributed by atoms with E-state index in [4.69, 9.17) is 9.72 Å². The molecular formula is C24H29N5O3S. The van der Waals surface area contributed by atoms with Crippen molar-refractivity contribution in [3.8, 4) is 5.75 Å². The number of hydrogen-bond donors (Lipinski definition) is 1. The molecule has 33 heavy (non-hydrogen) atoms. The Balaban J connectivity index is 1.25. The van der Waals surface area contributed by atoms with E-state index in [1.807, 2.05) is 31.2 Å². The summed E-state index contributed by atoms with van der Waals surface area (Å²) < 4.78 is 6.93. The lowest BCUT2D eigenvalue weighted by atomic mass is 9.97. The molecule has 2 aromatic heterocycles. The van der Waals surface area contributed by atoms with Crippen LogP contribution in [-0.2, 0) is 24.2 Å². The molecule has 3 aromatic rings. The molecule has 0 spiro atoms. The molecule has 174 valence electrons. The Kier molecular flexibility index (Phi) is 6.30. The van der Waals surface area contributed by atoms with Crippen LogP contribution in [0.4, 0.5) is 5.13 Å². The average Bonchev–Trinajstić information content (AvgIpc) is 3.28. The Labute approximate surface area is 196 Å². The van der Waals surface area contributed by atoms with Crippen LogP contribution in [0.15, 0.2) is 29.1 Å². The van der Waals surface area contributed by atoms with Crippen LogP contribution in [0, 0.1) is 5.92 Å². The standard InChI is InChI=1S/C24H29N5O3S/c1-2-32-18-11-9-16(10-12-18)14-25-21(30)17-6-5-13-28(15-17)24-27-29-22(31)19-7-3-4-8-20(19)26-23(29)33-24/h9-12,17H,2-8,13-15H2,1H3,(H,25,30). The van der Waals surface area contributed by atoms with Crippen LogP contribution in [0.3, 0.4) is 0 Å². The Bertz CT molecular complexity index is 1200. The SMILES string of the molecule is CCOc1ccc(CNC(=O)C2CCCN(c3nn4c(=O)c5c(nc4s3)CCCC5)C2)cc1. The van der Waals surface area contributed by atoms with Crippen LogP contribution >= 0.6 is 11.3 Å². The zero-order valence-corrected chi connectivity index (χ0v) is 19.7. The number of aryl methyl sites for hydroxylation is 1. The van der Waals surface area contributed by atoms with Gasteiger partial charge in [-0.05, 0) is 63.1 Å². The number of amides is 1. The van der Waals surface area contributed by atoms with E-state index in [0.717, 1.165) is 72.8 Å². The second-order valence-electron chi connectivity index (χ2n) is 8.71. The predicted molar refractivity (Wildman–Crippen MR) is 128 cm³/mol. The molecule has 1 aliphatic carbocycles. The van der Waals surface area contributed by atoms with Gasteiger partial charge in [0.15, 0.2) is 0 Å². The van der Waals surface area contributed by atoms with E-state index in [1.54, 1.807) is 0 Å². The molecule has 1 aliphatic heterocycles. The molecule has 9 heteroatoms. The lowest BCUT2D eigenvalue weighted by Gasteiger charge is -2.31. The van der Waals surface area contributed by atoms with Gasteiger partial charge in [0.1, 0.15) is 5.75 Å². The maximum Gasteiger partial charge on any atom is 0.278 e. The molecule has 2 aliphatic rings. The van der Waals surface area contributed by atoms with E-state index in [1.165, 1.54) is 15.9 Å². The van der Waals surface area contributed by atoms with Gasteiger partial charge in [-0.1, -0.05) is 23.5 Å². The van der Waals surface area contributed by atoms with Crippen LogP contribution in [-0.4, -0.2) is 40.2 Å². The number of hydrogen-bond acceptors (Lipinski definition) is 7. The molecule has 8 nitrogen and oxygen atoms in total. The van der Waals surface area contributed by atoms with Crippen LogP contribution in [0.2, 0.25) is 0 Å². The van der Waals surface area contributed by atoms with E-state index >= 15 is 0 Å². The highest BCUT2D eigenvalue weighted by Crippen LogP contribution is 2.28. The predicted octanol–water partition coefficient (Wildman–Crippen LogP) is 2.96. The molecule has 0 bridgehead atoms. The van der Waals surface area contributed by atoms with E-state index in [2.05, 4.69) is 15.3 Å². The number of nitrogens with one attached hydrogen (secondary N) is 1. The highest BCUT2D eigenvalue weighted by molar-refractivity contribution is 7.20. The lowest BCUT2D eigenvalue weighted by Crippen LogP contribution is -2.43. The molecular weight excluding hydrogens is 438 g/mol. The van der Waals surface area contributed by atoms with Gasteiger partial charge >= 0.3 is 0 Å². The van der Waals surface area contributed by atoms with Crippen molar-refractivity contribution in [3.63, 3.8) is 0 Å². The topological polar surface area (TPSA) is 88.8 Å². The van der Waals surface area contributed by atoms with Gasteiger partial charge in [0.25, 0.3) is 5.56 Å². The fraction of sp³-hybridized carbons (Fsp3) is 0.500. The Hall–Kier alpha value is -2.94. The molecule has 1 N–H and O–H groups in total. The number of carbonyl (C=O) groups is 1. The number of aromatic nitrogens is 3. The second-order valence-corrected chi connectivity index (χ2v) is 9.64. The number of nitrogens with zero attached hydrogens (tertiary/aromatic N) is 4. The first-order chi connectivity index (χ1) is 16.1. The fourth-order valence-corrected chi connectivity index (χ4v) is 5.61. The van der Waals surface area contributed by atoms with Gasteiger partial charge in [0.05, 0.1) is 18.2 Å². The van der Waals surface area contributed by atoms with Gasteiger partial charge in [-0.15, -0.1) is 5.10 Å². The van der Waals surface area contributed by atoms with Crippen molar-refractivity contribution in [1.82, 2.24) is 19.9 Å². The summed E-state index contributed by atoms with van der Waals surface area (Å²) in [7, 11) is 0. The fourth-order valence-electron chi connectivity index (χ4n) is 4.66. The number of fused-ring (bicyclic) bond motifs is 2. The third-order valence-corrected chi connectivity index (χ3v) is 7.40. The van der Waals surface area contributed by atoms with Crippen molar-refractivity contribution < 1.29 is 9.53 Å². The van der Waals surface area contributed by atoms with Crippen LogP contribution in [0.5, 0.6) is 5.75 Å². The Morgan fingerprint density at radius 3 is 2.85 bits per heavy atom. The van der Waals surface area contributed by atoms with Gasteiger partial charge in [-0.3, -0.25) is 9.59 Å². The zero-order valence-electron chi connectivity index (χ0n) is 18.9. The van der Waals surface area contributed by atoms with Crippen molar-refractivity contribution in [1.29, 1.82) is 0 Å². The summed E-state index contributed by atoms with van der Waals surface area (Å²) in [4.78, 5) is 33.3. The van der Waals surface area contributed by atoms with Crippen molar-refractivity contribution in [3.05, 3.63) is 51.4 Å². The third kappa shape index (κ3) is 4.59. The number of rotatable bonds is 6. The number of carbonyl (C=O) groups excluding carboxylic acids is 1. The van der Waals surface area contributed by atoms with Crippen LogP contribution in [0.1, 0.15) is 49.4 Å². The van der Waals surface area contributed by atoms with E-state index in [-0.39, 0.29) is 17.4 Å². The molecule has 0 saturated carbocycles. The maximum atomic E-state index is 12.9. The number of ether oxygens (including phenoxy) is 1. The summed E-state index contributed by atoms with van der Waals surface area (Å²) in [6.45, 7) is 4.52. The maximum absolute atomic E-state index is 12.9. The molecule has 5 rings (SSSR count). The van der Waals surface area contributed by atoms with E-state index in [9.17, 15) is 9.59 Å². The van der Waals surface area contributed by atoms with Crippen molar-refractivity contribution in [2.75, 3.05) is 24.6 Å². The minimum absolute atomic E-state index is 0.0288. The summed E-state index contributed by atoms with van der Waals surface area (Å²) in [6, 6.07) is 7.80. The van der Waals surface area contributed by atoms with Crippen LogP contribution in [0.25, 0.3) is 4.96 Å². The zero-order chi connectivity index (χ0) is 22.8. The first kappa shape index (κ1) is 21.9. The molecule has 1 amide bonds. The largest absolute Gasteiger partial charge is 0.494 e. The number of piperidine rings is 1. The normalized spacial score (nSPS) is 18.2. The smallest absolute Gasteiger partial charge is 0.278 e. The van der Waals surface area contributed by atoms with Gasteiger partial charge < -0.3 is 15.0 Å². The first-order valence-electron chi connectivity index (χ1n) is 11.8. The number of benzene rings is 1. The Morgan fingerprint density at radius 2 is 2.03 bits per heavy atom. The Morgan fingerprint density at radius 1 is 1.21 bits per heavy atom. The highest BCUT2D eigenvalue weighted by atomic mass is 32.1. The van der Waals surface area contributed by atoms with Gasteiger partial charge in [-0.25, -0.2) is 4.98 Å². The highest BCUT2D eigenvalue weighted by Gasteiger charge is 2.28. The summed E-state index contributed by atoms with van der Waals surface area (Å²) in [5, 5.41) is 8.44. The van der Waals surface area contributed by atoms with E-state index < -0.39 is 0 Å².